The molecule has 2 aliphatic rings. The van der Waals surface area contributed by atoms with Crippen molar-refractivity contribution in [2.75, 3.05) is 24.7 Å². The molecule has 0 amide bonds. The minimum atomic E-state index is -0.921. The molecule has 4 rings (SSSR count). The molecule has 1 aliphatic heterocycles. The monoisotopic (exact) mass is 444 g/mol. The van der Waals surface area contributed by atoms with Gasteiger partial charge in [-0.05, 0) is 62.5 Å². The molecule has 1 saturated heterocycles. The first-order chi connectivity index (χ1) is 15.6. The van der Waals surface area contributed by atoms with Crippen LogP contribution in [0.1, 0.15) is 75.1 Å². The minimum absolute atomic E-state index is 0.352. The molecule has 2 heterocycles. The van der Waals surface area contributed by atoms with Crippen LogP contribution in [0.2, 0.25) is 0 Å². The molecule has 174 valence electrons. The number of hydrogen-bond donors (Lipinski definition) is 0. The van der Waals surface area contributed by atoms with E-state index >= 15 is 0 Å². The van der Waals surface area contributed by atoms with Gasteiger partial charge in [0.2, 0.25) is 0 Å². The van der Waals surface area contributed by atoms with Gasteiger partial charge in [0.25, 0.3) is 0 Å². The second-order valence-corrected chi connectivity index (χ2v) is 9.42. The summed E-state index contributed by atoms with van der Waals surface area (Å²) in [7, 11) is 0. The van der Waals surface area contributed by atoms with Crippen molar-refractivity contribution in [2.24, 2.45) is 11.8 Å². The highest BCUT2D eigenvalue weighted by molar-refractivity contribution is 5.92. The van der Waals surface area contributed by atoms with Crippen LogP contribution in [-0.2, 0) is 4.74 Å². The molecule has 0 spiro atoms. The third-order valence-electron chi connectivity index (χ3n) is 7.31. The molecule has 1 saturated carbocycles. The molecule has 4 nitrogen and oxygen atoms in total. The van der Waals surface area contributed by atoms with Crippen LogP contribution in [0.5, 0.6) is 0 Å². The Bertz CT molecular complexity index is 928. The molecule has 1 atom stereocenters. The molecule has 0 unspecified atom stereocenters. The van der Waals surface area contributed by atoms with Crippen molar-refractivity contribution in [3.63, 3.8) is 0 Å². The highest BCUT2D eigenvalue weighted by Gasteiger charge is 2.36. The van der Waals surface area contributed by atoms with Crippen molar-refractivity contribution in [3.8, 4) is 0 Å². The summed E-state index contributed by atoms with van der Waals surface area (Å²) in [5.41, 5.74) is 0.843. The quantitative estimate of drug-likeness (QED) is 0.336. The van der Waals surface area contributed by atoms with Crippen LogP contribution in [0.25, 0.3) is 10.9 Å². The Labute approximate surface area is 189 Å². The first-order valence-corrected chi connectivity index (χ1v) is 12.2. The van der Waals surface area contributed by atoms with E-state index in [1.165, 1.54) is 32.1 Å². The molecular weight excluding hydrogens is 410 g/mol. The lowest BCUT2D eigenvalue weighted by molar-refractivity contribution is 0.106. The van der Waals surface area contributed by atoms with E-state index in [1.54, 1.807) is 6.07 Å². The van der Waals surface area contributed by atoms with Crippen molar-refractivity contribution in [1.82, 2.24) is 4.98 Å². The lowest BCUT2D eigenvalue weighted by atomic mass is 9.77. The summed E-state index contributed by atoms with van der Waals surface area (Å²) in [6.45, 7) is 4.77. The van der Waals surface area contributed by atoms with Crippen LogP contribution in [-0.4, -0.2) is 37.1 Å². The molecular formula is C26H34F2N2O2. The molecule has 2 fully saturated rings. The molecule has 6 heteroatoms. The Hall–Kier alpha value is -2.08. The zero-order chi connectivity index (χ0) is 22.5. The number of halogens is 2. The van der Waals surface area contributed by atoms with Crippen LogP contribution in [0.4, 0.5) is 14.6 Å². The number of carbonyl (C=O) groups excluding carboxylic acids is 1. The highest BCUT2D eigenvalue weighted by Crippen LogP contribution is 2.40. The fourth-order valence-corrected chi connectivity index (χ4v) is 5.50. The fourth-order valence-electron chi connectivity index (χ4n) is 5.50. The van der Waals surface area contributed by atoms with E-state index in [9.17, 15) is 13.6 Å². The number of anilines is 1. The zero-order valence-electron chi connectivity index (χ0n) is 19.0. The summed E-state index contributed by atoms with van der Waals surface area (Å²) in [5, 5.41) is 0.451. The summed E-state index contributed by atoms with van der Waals surface area (Å²) >= 11 is 0. The summed E-state index contributed by atoms with van der Waals surface area (Å²) in [4.78, 5) is 18.7. The number of aromatic nitrogens is 1. The second kappa shape index (κ2) is 10.7. The van der Waals surface area contributed by atoms with Gasteiger partial charge in [0.05, 0.1) is 11.1 Å². The molecule has 0 radical (unpaired) electrons. The number of carbonyl (C=O) groups is 1. The SMILES string of the molecule is CCCCOCCC1CCC([C@H]2CCCN2c2nc3cc(F)c(F)cc3cc2C=O)CC1. The van der Waals surface area contributed by atoms with Gasteiger partial charge in [-0.2, -0.15) is 0 Å². The van der Waals surface area contributed by atoms with Crippen LogP contribution < -0.4 is 4.90 Å². The normalized spacial score (nSPS) is 23.7. The number of aldehydes is 1. The second-order valence-electron chi connectivity index (χ2n) is 9.42. The number of fused-ring (bicyclic) bond motifs is 1. The van der Waals surface area contributed by atoms with E-state index in [-0.39, 0.29) is 0 Å². The van der Waals surface area contributed by atoms with Gasteiger partial charge in [-0.3, -0.25) is 4.79 Å². The number of rotatable bonds is 9. The van der Waals surface area contributed by atoms with E-state index in [0.29, 0.717) is 34.2 Å². The van der Waals surface area contributed by atoms with Gasteiger partial charge in [-0.25, -0.2) is 13.8 Å². The molecule has 1 aromatic carbocycles. The predicted molar refractivity (Wildman–Crippen MR) is 123 cm³/mol. The lowest BCUT2D eigenvalue weighted by Gasteiger charge is -2.37. The summed E-state index contributed by atoms with van der Waals surface area (Å²) in [6.07, 6.45) is 11.2. The lowest BCUT2D eigenvalue weighted by Crippen LogP contribution is -2.38. The summed E-state index contributed by atoms with van der Waals surface area (Å²) < 4.78 is 33.2. The van der Waals surface area contributed by atoms with E-state index < -0.39 is 11.6 Å². The van der Waals surface area contributed by atoms with Gasteiger partial charge in [-0.1, -0.05) is 26.2 Å². The van der Waals surface area contributed by atoms with Crippen molar-refractivity contribution in [3.05, 3.63) is 35.4 Å². The summed E-state index contributed by atoms with van der Waals surface area (Å²) in [5.74, 6) is 0.106. The van der Waals surface area contributed by atoms with Gasteiger partial charge in [0.15, 0.2) is 17.9 Å². The van der Waals surface area contributed by atoms with Crippen molar-refractivity contribution < 1.29 is 18.3 Å². The molecule has 0 bridgehead atoms. The molecule has 0 N–H and O–H groups in total. The Morgan fingerprint density at radius 2 is 1.88 bits per heavy atom. The number of unbranched alkanes of at least 4 members (excludes halogenated alkanes) is 1. The minimum Gasteiger partial charge on any atom is -0.381 e. The topological polar surface area (TPSA) is 42.4 Å². The Balaban J connectivity index is 1.43. The number of ether oxygens (including phenoxy) is 1. The van der Waals surface area contributed by atoms with E-state index in [2.05, 4.69) is 16.8 Å². The average molecular weight is 445 g/mol. The van der Waals surface area contributed by atoms with Gasteiger partial charge in [-0.15, -0.1) is 0 Å². The third kappa shape index (κ3) is 5.11. The molecule has 1 aromatic heterocycles. The average Bonchev–Trinajstić information content (AvgIpc) is 3.29. The molecule has 1 aliphatic carbocycles. The van der Waals surface area contributed by atoms with Crippen molar-refractivity contribution >= 4 is 23.0 Å². The molecule has 2 aromatic rings. The van der Waals surface area contributed by atoms with Gasteiger partial charge < -0.3 is 9.64 Å². The largest absolute Gasteiger partial charge is 0.381 e. The fraction of sp³-hybridized carbons (Fsp3) is 0.615. The first kappa shape index (κ1) is 23.1. The van der Waals surface area contributed by atoms with Gasteiger partial charge in [0, 0.05) is 37.3 Å². The number of nitrogens with zero attached hydrogens (tertiary/aromatic N) is 2. The number of hydrogen-bond acceptors (Lipinski definition) is 4. The van der Waals surface area contributed by atoms with Crippen molar-refractivity contribution in [2.45, 2.75) is 70.8 Å². The van der Waals surface area contributed by atoms with E-state index in [0.717, 1.165) is 69.8 Å². The maximum Gasteiger partial charge on any atom is 0.161 e. The first-order valence-electron chi connectivity index (χ1n) is 12.2. The molecule has 32 heavy (non-hydrogen) atoms. The highest BCUT2D eigenvalue weighted by atomic mass is 19.2. The zero-order valence-corrected chi connectivity index (χ0v) is 19.0. The van der Waals surface area contributed by atoms with Gasteiger partial charge in [0.1, 0.15) is 5.82 Å². The Morgan fingerprint density at radius 3 is 2.62 bits per heavy atom. The van der Waals surface area contributed by atoms with Crippen LogP contribution >= 0.6 is 0 Å². The number of pyridine rings is 1. The number of benzene rings is 1. The summed E-state index contributed by atoms with van der Waals surface area (Å²) in [6, 6.07) is 4.23. The Morgan fingerprint density at radius 1 is 1.09 bits per heavy atom. The van der Waals surface area contributed by atoms with Crippen molar-refractivity contribution in [1.29, 1.82) is 0 Å². The maximum absolute atomic E-state index is 13.8. The van der Waals surface area contributed by atoms with Gasteiger partial charge >= 0.3 is 0 Å². The predicted octanol–water partition coefficient (Wildman–Crippen LogP) is 6.31. The van der Waals surface area contributed by atoms with Crippen LogP contribution in [0.15, 0.2) is 18.2 Å². The van der Waals surface area contributed by atoms with Crippen LogP contribution in [0, 0.1) is 23.5 Å². The van der Waals surface area contributed by atoms with Crippen LogP contribution in [0.3, 0.4) is 0 Å². The third-order valence-corrected chi connectivity index (χ3v) is 7.31. The van der Waals surface area contributed by atoms with E-state index in [4.69, 9.17) is 4.74 Å². The standard InChI is InChI=1S/C26H34F2N2O2/c1-2-3-12-32-13-10-18-6-8-19(9-7-18)25-5-4-11-30(25)26-21(17-31)14-20-15-22(27)23(28)16-24(20)29-26/h14-19,25H,2-13H2,1H3/t18?,19?,25-/m1/s1. The maximum atomic E-state index is 13.8. The van der Waals surface area contributed by atoms with E-state index in [1.807, 2.05) is 0 Å². The Kier molecular flexibility index (Phi) is 7.71. The smallest absolute Gasteiger partial charge is 0.161 e.